The second kappa shape index (κ2) is 12.7. The Morgan fingerprint density at radius 1 is 0.955 bits per heavy atom. The Kier molecular flexibility index (Phi) is 9.00. The number of anilines is 2. The van der Waals surface area contributed by atoms with E-state index >= 15 is 0 Å². The van der Waals surface area contributed by atoms with Gasteiger partial charge in [0.1, 0.15) is 35.1 Å². The first kappa shape index (κ1) is 31.1. The van der Waals surface area contributed by atoms with Crippen LogP contribution in [-0.4, -0.2) is 52.2 Å². The third kappa shape index (κ3) is 6.91. The maximum Gasteiger partial charge on any atom is 0.573 e. The van der Waals surface area contributed by atoms with Crippen molar-refractivity contribution in [2.24, 2.45) is 5.92 Å². The number of fused-ring (bicyclic) bond motifs is 1. The summed E-state index contributed by atoms with van der Waals surface area (Å²) in [6.07, 6.45) is -3.63. The molecule has 1 aliphatic carbocycles. The number of carbonyl (C=O) groups is 2. The minimum Gasteiger partial charge on any atom is -0.497 e. The molecule has 0 bridgehead atoms. The lowest BCUT2D eigenvalue weighted by molar-refractivity contribution is -0.274. The van der Waals surface area contributed by atoms with Gasteiger partial charge in [-0.15, -0.1) is 13.2 Å². The van der Waals surface area contributed by atoms with Gasteiger partial charge in [-0.2, -0.15) is 0 Å². The lowest BCUT2D eigenvalue weighted by atomic mass is 9.82. The van der Waals surface area contributed by atoms with E-state index in [0.717, 1.165) is 0 Å². The number of rotatable bonds is 10. The first-order valence-electron chi connectivity index (χ1n) is 13.7. The molecular weight excluding hydrogens is 605 g/mol. The van der Waals surface area contributed by atoms with Crippen LogP contribution in [0.4, 0.5) is 24.5 Å². The molecule has 5 rings (SSSR count). The van der Waals surface area contributed by atoms with Crippen molar-refractivity contribution in [1.29, 1.82) is 0 Å². The molecule has 9 nitrogen and oxygen atoms in total. The molecule has 1 amide bonds. The zero-order chi connectivity index (χ0) is 31.6. The first-order chi connectivity index (χ1) is 21.0. The van der Waals surface area contributed by atoms with Crippen molar-refractivity contribution < 1.29 is 46.4 Å². The molecule has 3 aromatic rings. The fourth-order valence-electron chi connectivity index (χ4n) is 5.36. The standard InChI is InChI=1S/C31H30ClF3N2O7/c1-40-22-13-20(14-24(15-22)43-23-10-18(11-23)30(39)42-3)36-28(25-7-5-19(32)12-27(25)41-2)29(38)37-9-8-17-4-6-21(16-26(17)37)44-31(33,34)35/h4-7,12-16,18,23,28,36H,8-11H2,1-3H3. The number of hydrogen-bond donors (Lipinski definition) is 1. The molecule has 2 aliphatic rings. The Labute approximate surface area is 256 Å². The summed E-state index contributed by atoms with van der Waals surface area (Å²) in [4.78, 5) is 27.5. The number of nitrogens with one attached hydrogen (secondary N) is 1. The van der Waals surface area contributed by atoms with Crippen LogP contribution in [0.25, 0.3) is 0 Å². The van der Waals surface area contributed by atoms with Crippen LogP contribution < -0.4 is 29.2 Å². The van der Waals surface area contributed by atoms with Crippen LogP contribution >= 0.6 is 11.6 Å². The SMILES string of the molecule is COC(=O)C1CC(Oc2cc(NC(C(=O)N3CCc4ccc(OC(F)(F)F)cc43)c3ccc(Cl)cc3OC)cc(OC)c2)C1. The number of hydrogen-bond acceptors (Lipinski definition) is 8. The number of benzene rings is 3. The monoisotopic (exact) mass is 634 g/mol. The van der Waals surface area contributed by atoms with Crippen LogP contribution in [0, 0.1) is 5.92 Å². The quantitative estimate of drug-likeness (QED) is 0.259. The van der Waals surface area contributed by atoms with Crippen molar-refractivity contribution in [1.82, 2.24) is 0 Å². The molecule has 1 unspecified atom stereocenters. The Morgan fingerprint density at radius 3 is 2.39 bits per heavy atom. The van der Waals surface area contributed by atoms with Crippen molar-refractivity contribution in [2.45, 2.75) is 37.8 Å². The number of amides is 1. The fraction of sp³-hybridized carbons (Fsp3) is 0.355. The van der Waals surface area contributed by atoms with Gasteiger partial charge in [0.25, 0.3) is 5.91 Å². The molecule has 1 fully saturated rings. The van der Waals surface area contributed by atoms with Gasteiger partial charge < -0.3 is 33.9 Å². The molecule has 3 aromatic carbocycles. The highest BCUT2D eigenvalue weighted by Crippen LogP contribution is 2.40. The molecule has 1 heterocycles. The molecule has 0 radical (unpaired) electrons. The van der Waals surface area contributed by atoms with Crippen molar-refractivity contribution in [2.75, 3.05) is 38.1 Å². The van der Waals surface area contributed by atoms with Crippen molar-refractivity contribution >= 4 is 34.9 Å². The highest BCUT2D eigenvalue weighted by molar-refractivity contribution is 6.30. The molecule has 1 saturated carbocycles. The molecular formula is C31H30ClF3N2O7. The van der Waals surface area contributed by atoms with Crippen molar-refractivity contribution in [3.63, 3.8) is 0 Å². The van der Waals surface area contributed by atoms with Crippen LogP contribution in [-0.2, 0) is 20.7 Å². The number of alkyl halides is 3. The van der Waals surface area contributed by atoms with Crippen molar-refractivity contribution in [3.8, 4) is 23.0 Å². The van der Waals surface area contributed by atoms with Crippen LogP contribution in [0.1, 0.15) is 30.0 Å². The number of esters is 1. The van der Waals surface area contributed by atoms with Gasteiger partial charge in [0.05, 0.1) is 32.9 Å². The third-order valence-electron chi connectivity index (χ3n) is 7.56. The molecule has 0 spiro atoms. The number of methoxy groups -OCH3 is 3. The minimum absolute atomic E-state index is 0.206. The van der Waals surface area contributed by atoms with E-state index in [1.165, 1.54) is 44.4 Å². The summed E-state index contributed by atoms with van der Waals surface area (Å²) >= 11 is 6.21. The van der Waals surface area contributed by atoms with Gasteiger partial charge in [0.2, 0.25) is 0 Å². The summed E-state index contributed by atoms with van der Waals surface area (Å²) in [5.74, 6) is -0.143. The average Bonchev–Trinajstić information content (AvgIpc) is 3.39. The second-order valence-corrected chi connectivity index (χ2v) is 10.8. The summed E-state index contributed by atoms with van der Waals surface area (Å²) in [5, 5.41) is 3.64. The number of carbonyl (C=O) groups excluding carboxylic acids is 2. The summed E-state index contributed by atoms with van der Waals surface area (Å²) < 4.78 is 64.9. The second-order valence-electron chi connectivity index (χ2n) is 10.4. The van der Waals surface area contributed by atoms with E-state index in [1.807, 2.05) is 0 Å². The number of ether oxygens (including phenoxy) is 5. The van der Waals surface area contributed by atoms with Crippen LogP contribution in [0.5, 0.6) is 23.0 Å². The molecule has 0 saturated heterocycles. The molecule has 1 N–H and O–H groups in total. The van der Waals surface area contributed by atoms with E-state index in [-0.39, 0.29) is 24.5 Å². The average molecular weight is 635 g/mol. The van der Waals surface area contributed by atoms with Gasteiger partial charge in [0, 0.05) is 47.1 Å². The lowest BCUT2D eigenvalue weighted by Gasteiger charge is -2.33. The van der Waals surface area contributed by atoms with E-state index < -0.39 is 24.1 Å². The summed E-state index contributed by atoms with van der Waals surface area (Å²) in [6, 6.07) is 12.8. The summed E-state index contributed by atoms with van der Waals surface area (Å²) in [7, 11) is 4.28. The topological polar surface area (TPSA) is 95.6 Å². The Bertz CT molecular complexity index is 1550. The van der Waals surface area contributed by atoms with Crippen LogP contribution in [0.15, 0.2) is 54.6 Å². The third-order valence-corrected chi connectivity index (χ3v) is 7.80. The molecule has 0 aromatic heterocycles. The molecule has 1 aliphatic heterocycles. The van der Waals surface area contributed by atoms with Gasteiger partial charge in [-0.05, 0) is 43.0 Å². The highest BCUT2D eigenvalue weighted by Gasteiger charge is 2.38. The van der Waals surface area contributed by atoms with E-state index in [4.69, 9.17) is 30.5 Å². The smallest absolute Gasteiger partial charge is 0.497 e. The normalized spacial score (nSPS) is 18.0. The van der Waals surface area contributed by atoms with E-state index in [2.05, 4.69) is 10.1 Å². The minimum atomic E-state index is -4.88. The molecule has 1 atom stereocenters. The molecule has 234 valence electrons. The zero-order valence-electron chi connectivity index (χ0n) is 24.1. The maximum atomic E-state index is 14.3. The van der Waals surface area contributed by atoms with Gasteiger partial charge in [-0.1, -0.05) is 23.7 Å². The summed E-state index contributed by atoms with van der Waals surface area (Å²) in [6.45, 7) is 0.243. The van der Waals surface area contributed by atoms with Gasteiger partial charge in [0.15, 0.2) is 0 Å². The zero-order valence-corrected chi connectivity index (χ0v) is 24.8. The largest absolute Gasteiger partial charge is 0.573 e. The van der Waals surface area contributed by atoms with Crippen molar-refractivity contribution in [3.05, 3.63) is 70.7 Å². The fourth-order valence-corrected chi connectivity index (χ4v) is 5.52. The molecule has 13 heteroatoms. The maximum absolute atomic E-state index is 14.3. The van der Waals surface area contributed by atoms with Gasteiger partial charge in [-0.3, -0.25) is 9.59 Å². The van der Waals surface area contributed by atoms with Gasteiger partial charge in [-0.25, -0.2) is 0 Å². The predicted molar refractivity (Wildman–Crippen MR) is 156 cm³/mol. The predicted octanol–water partition coefficient (Wildman–Crippen LogP) is 6.33. The lowest BCUT2D eigenvalue weighted by Crippen LogP contribution is -2.38. The summed E-state index contributed by atoms with van der Waals surface area (Å²) in [5.41, 5.74) is 1.93. The Hall–Kier alpha value is -4.32. The first-order valence-corrected chi connectivity index (χ1v) is 14.1. The Morgan fingerprint density at radius 2 is 1.70 bits per heavy atom. The van der Waals surface area contributed by atoms with E-state index in [1.54, 1.807) is 36.4 Å². The van der Waals surface area contributed by atoms with Gasteiger partial charge >= 0.3 is 12.3 Å². The van der Waals surface area contributed by atoms with E-state index in [9.17, 15) is 22.8 Å². The Balaban J connectivity index is 1.47. The molecule has 44 heavy (non-hydrogen) atoms. The van der Waals surface area contributed by atoms with Crippen LogP contribution in [0.2, 0.25) is 5.02 Å². The highest BCUT2D eigenvalue weighted by atomic mass is 35.5. The van der Waals surface area contributed by atoms with E-state index in [0.29, 0.717) is 64.0 Å². The number of halogens is 4. The van der Waals surface area contributed by atoms with Crippen LogP contribution in [0.3, 0.4) is 0 Å². The number of nitrogens with zero attached hydrogens (tertiary/aromatic N) is 1.